The van der Waals surface area contributed by atoms with Gasteiger partial charge in [0.1, 0.15) is 12.1 Å². The smallest absolute Gasteiger partial charge is 0.431 e. The lowest BCUT2D eigenvalue weighted by atomic mass is 9.92. The first-order valence-corrected chi connectivity index (χ1v) is 9.41. The van der Waals surface area contributed by atoms with E-state index in [4.69, 9.17) is 18.9 Å². The van der Waals surface area contributed by atoms with Crippen LogP contribution in [0.3, 0.4) is 0 Å². The van der Waals surface area contributed by atoms with Crippen molar-refractivity contribution in [2.75, 3.05) is 26.6 Å². The quantitative estimate of drug-likeness (QED) is 0.408. The molecule has 0 aromatic carbocycles. The van der Waals surface area contributed by atoms with Crippen LogP contribution in [0.25, 0.3) is 0 Å². The highest BCUT2D eigenvalue weighted by Crippen LogP contribution is 2.53. The lowest BCUT2D eigenvalue weighted by Crippen LogP contribution is -2.63. The monoisotopic (exact) mass is 389 g/mol. The van der Waals surface area contributed by atoms with E-state index in [0.717, 1.165) is 0 Å². The predicted molar refractivity (Wildman–Crippen MR) is 89.0 cm³/mol. The molecule has 3 fully saturated rings. The number of nitrogens with zero attached hydrogens (tertiary/aromatic N) is 1. The Labute approximate surface area is 155 Å². The number of carbonyl (C=O) groups excluding carboxylic acids is 3. The van der Waals surface area contributed by atoms with Crippen molar-refractivity contribution in [1.82, 2.24) is 4.90 Å². The van der Waals surface area contributed by atoms with Crippen LogP contribution in [0.2, 0.25) is 0 Å². The predicted octanol–water partition coefficient (Wildman–Crippen LogP) is 0.490. The van der Waals surface area contributed by atoms with Crippen molar-refractivity contribution in [2.24, 2.45) is 5.92 Å². The van der Waals surface area contributed by atoms with Crippen molar-refractivity contribution in [3.63, 3.8) is 0 Å². The SMILES string of the molecule is CC1(C)SC2C(CO)C(=O)N2C1C(=O)OCOC(=O)OC1CCOCC1. The van der Waals surface area contributed by atoms with Gasteiger partial charge >= 0.3 is 12.1 Å². The summed E-state index contributed by atoms with van der Waals surface area (Å²) in [6.07, 6.45) is 0.0506. The van der Waals surface area contributed by atoms with Gasteiger partial charge in [-0.05, 0) is 13.8 Å². The highest BCUT2D eigenvalue weighted by atomic mass is 32.2. The van der Waals surface area contributed by atoms with E-state index in [0.29, 0.717) is 26.1 Å². The maximum Gasteiger partial charge on any atom is 0.511 e. The van der Waals surface area contributed by atoms with E-state index in [9.17, 15) is 19.5 Å². The zero-order valence-corrected chi connectivity index (χ0v) is 15.5. The molecule has 3 saturated heterocycles. The molecular weight excluding hydrogens is 366 g/mol. The minimum Gasteiger partial charge on any atom is -0.431 e. The second-order valence-electron chi connectivity index (χ2n) is 6.95. The number of fused-ring (bicyclic) bond motifs is 1. The van der Waals surface area contributed by atoms with Crippen molar-refractivity contribution >= 4 is 29.8 Å². The number of carbonyl (C=O) groups is 3. The maximum absolute atomic E-state index is 12.4. The lowest BCUT2D eigenvalue weighted by molar-refractivity contribution is -0.173. The van der Waals surface area contributed by atoms with Gasteiger partial charge in [0, 0.05) is 17.6 Å². The first-order valence-electron chi connectivity index (χ1n) is 8.54. The van der Waals surface area contributed by atoms with Gasteiger partial charge in [0.2, 0.25) is 12.7 Å². The van der Waals surface area contributed by atoms with Crippen LogP contribution < -0.4 is 0 Å². The highest BCUT2D eigenvalue weighted by molar-refractivity contribution is 8.01. The van der Waals surface area contributed by atoms with Crippen LogP contribution in [-0.4, -0.2) is 76.9 Å². The average Bonchev–Trinajstić information content (AvgIpc) is 2.84. The van der Waals surface area contributed by atoms with Gasteiger partial charge in [-0.1, -0.05) is 0 Å². The lowest BCUT2D eigenvalue weighted by Gasteiger charge is -2.43. The molecule has 9 nitrogen and oxygen atoms in total. The summed E-state index contributed by atoms with van der Waals surface area (Å²) in [5.74, 6) is -1.39. The molecule has 10 heteroatoms. The average molecular weight is 389 g/mol. The molecule has 26 heavy (non-hydrogen) atoms. The summed E-state index contributed by atoms with van der Waals surface area (Å²) in [5.41, 5.74) is 0. The topological polar surface area (TPSA) is 112 Å². The van der Waals surface area contributed by atoms with Crippen molar-refractivity contribution in [2.45, 2.75) is 49.0 Å². The number of ether oxygens (including phenoxy) is 4. The number of rotatable bonds is 5. The Balaban J connectivity index is 1.47. The number of hydrogen-bond acceptors (Lipinski definition) is 9. The first kappa shape index (κ1) is 19.2. The van der Waals surface area contributed by atoms with E-state index in [-0.39, 0.29) is 24.0 Å². The Morgan fingerprint density at radius 3 is 2.65 bits per heavy atom. The molecular formula is C16H23NO8S. The number of aliphatic hydroxyl groups excluding tert-OH is 1. The fourth-order valence-corrected chi connectivity index (χ4v) is 5.09. The molecule has 0 radical (unpaired) electrons. The van der Waals surface area contributed by atoms with Gasteiger partial charge in [0.15, 0.2) is 0 Å². The van der Waals surface area contributed by atoms with E-state index in [2.05, 4.69) is 0 Å². The number of hydrogen-bond donors (Lipinski definition) is 1. The number of esters is 1. The van der Waals surface area contributed by atoms with Crippen LogP contribution >= 0.6 is 11.8 Å². The number of amides is 1. The number of thioether (sulfide) groups is 1. The second kappa shape index (κ2) is 7.61. The summed E-state index contributed by atoms with van der Waals surface area (Å²) in [5, 5.41) is 9.04. The molecule has 3 heterocycles. The van der Waals surface area contributed by atoms with Crippen LogP contribution in [0, 0.1) is 5.92 Å². The highest BCUT2D eigenvalue weighted by Gasteiger charge is 2.63. The molecule has 0 aliphatic carbocycles. The maximum atomic E-state index is 12.4. The Bertz CT molecular complexity index is 577. The Kier molecular flexibility index (Phi) is 5.64. The summed E-state index contributed by atoms with van der Waals surface area (Å²) in [6, 6.07) is -0.789. The third kappa shape index (κ3) is 3.63. The van der Waals surface area contributed by atoms with E-state index < -0.39 is 35.6 Å². The third-order valence-electron chi connectivity index (χ3n) is 4.78. The molecule has 3 aliphatic heterocycles. The molecule has 3 rings (SSSR count). The van der Waals surface area contributed by atoms with Crippen LogP contribution in [-0.2, 0) is 28.5 Å². The molecule has 1 amide bonds. The molecule has 0 aromatic rings. The van der Waals surface area contributed by atoms with Gasteiger partial charge in [0.25, 0.3) is 0 Å². The summed E-state index contributed by atoms with van der Waals surface area (Å²) < 4.78 is 19.5. The van der Waals surface area contributed by atoms with E-state index in [1.165, 1.54) is 16.7 Å². The zero-order valence-electron chi connectivity index (χ0n) is 14.7. The largest absolute Gasteiger partial charge is 0.511 e. The van der Waals surface area contributed by atoms with Gasteiger partial charge in [0.05, 0.1) is 31.1 Å². The van der Waals surface area contributed by atoms with Crippen LogP contribution in [0.4, 0.5) is 4.79 Å². The van der Waals surface area contributed by atoms with Crippen molar-refractivity contribution < 1.29 is 38.4 Å². The molecule has 0 saturated carbocycles. The molecule has 3 atom stereocenters. The van der Waals surface area contributed by atoms with Crippen molar-refractivity contribution in [1.29, 1.82) is 0 Å². The van der Waals surface area contributed by atoms with Gasteiger partial charge in [-0.2, -0.15) is 0 Å². The Hall–Kier alpha value is -1.52. The minimum atomic E-state index is -0.900. The van der Waals surface area contributed by atoms with Crippen LogP contribution in [0.15, 0.2) is 0 Å². The molecule has 146 valence electrons. The fraction of sp³-hybridized carbons (Fsp3) is 0.812. The van der Waals surface area contributed by atoms with Crippen LogP contribution in [0.1, 0.15) is 26.7 Å². The van der Waals surface area contributed by atoms with Crippen LogP contribution in [0.5, 0.6) is 0 Å². The molecule has 0 bridgehead atoms. The Morgan fingerprint density at radius 1 is 1.31 bits per heavy atom. The fourth-order valence-electron chi connectivity index (χ4n) is 3.42. The minimum absolute atomic E-state index is 0.237. The molecule has 3 unspecified atom stereocenters. The summed E-state index contributed by atoms with van der Waals surface area (Å²) in [6.45, 7) is 3.91. The molecule has 1 N–H and O–H groups in total. The Morgan fingerprint density at radius 2 is 2.00 bits per heavy atom. The van der Waals surface area contributed by atoms with E-state index in [1.807, 2.05) is 13.8 Å². The zero-order chi connectivity index (χ0) is 18.9. The van der Waals surface area contributed by atoms with Gasteiger partial charge in [-0.3, -0.25) is 4.79 Å². The molecule has 0 spiro atoms. The summed E-state index contributed by atoms with van der Waals surface area (Å²) in [4.78, 5) is 37.6. The van der Waals surface area contributed by atoms with E-state index in [1.54, 1.807) is 0 Å². The van der Waals surface area contributed by atoms with Crippen molar-refractivity contribution in [3.05, 3.63) is 0 Å². The molecule has 3 aliphatic rings. The van der Waals surface area contributed by atoms with Crippen molar-refractivity contribution in [3.8, 4) is 0 Å². The molecule has 0 aromatic heterocycles. The number of aliphatic hydroxyl groups is 1. The van der Waals surface area contributed by atoms with E-state index >= 15 is 0 Å². The third-order valence-corrected chi connectivity index (χ3v) is 6.41. The number of β-lactam (4-membered cyclic amide) rings is 1. The second-order valence-corrected chi connectivity index (χ2v) is 8.73. The van der Waals surface area contributed by atoms with Gasteiger partial charge < -0.3 is 29.0 Å². The standard InChI is InChI=1S/C16H23NO8S/c1-16(2)11(17-12(19)10(7-18)13(17)26-16)14(20)23-8-24-15(21)25-9-3-5-22-6-4-9/h9-11,13,18H,3-8H2,1-2H3. The normalized spacial score (nSPS) is 30.3. The summed E-state index contributed by atoms with van der Waals surface area (Å²) in [7, 11) is 0. The summed E-state index contributed by atoms with van der Waals surface area (Å²) >= 11 is 1.45. The first-order chi connectivity index (χ1) is 12.3. The van der Waals surface area contributed by atoms with Gasteiger partial charge in [-0.25, -0.2) is 9.59 Å². The van der Waals surface area contributed by atoms with Gasteiger partial charge in [-0.15, -0.1) is 11.8 Å².